The van der Waals surface area contributed by atoms with Crippen LogP contribution < -0.4 is 5.32 Å². The number of carboxylic acid groups (broad SMARTS) is 2. The molecule has 0 saturated carbocycles. The number of carboxylic acids is 2. The van der Waals surface area contributed by atoms with E-state index in [1.807, 2.05) is 0 Å². The summed E-state index contributed by atoms with van der Waals surface area (Å²) in [6.45, 7) is 7.68. The number of nitrogens with zero attached hydrogens (tertiary/aromatic N) is 2. The van der Waals surface area contributed by atoms with Gasteiger partial charge in [-0.2, -0.15) is 0 Å². The molecule has 0 atom stereocenters. The molecule has 8 heteroatoms. The van der Waals surface area contributed by atoms with Gasteiger partial charge in [0, 0.05) is 32.7 Å². The van der Waals surface area contributed by atoms with Crippen LogP contribution in [0.5, 0.6) is 0 Å². The third-order valence-corrected chi connectivity index (χ3v) is 4.18. The van der Waals surface area contributed by atoms with Crippen LogP contribution in [0.3, 0.4) is 0 Å². The molecule has 0 spiro atoms. The van der Waals surface area contributed by atoms with Gasteiger partial charge in [0.05, 0.1) is 0 Å². The van der Waals surface area contributed by atoms with Crippen LogP contribution in [0.15, 0.2) is 0 Å². The van der Waals surface area contributed by atoms with Gasteiger partial charge in [-0.05, 0) is 25.7 Å². The molecule has 1 rings (SSSR count). The number of hydrogen-bond donors (Lipinski definition) is 3. The number of rotatable bonds is 7. The zero-order valence-corrected chi connectivity index (χ0v) is 15.6. The largest absolute Gasteiger partial charge is 0.473 e. The molecule has 0 aromatic rings. The van der Waals surface area contributed by atoms with Gasteiger partial charge in [-0.3, -0.25) is 0 Å². The van der Waals surface area contributed by atoms with Gasteiger partial charge in [0.2, 0.25) is 0 Å². The molecular weight excluding hydrogens is 330 g/mol. The average molecular weight is 362 g/mol. The zero-order valence-electron chi connectivity index (χ0n) is 14.8. The van der Waals surface area contributed by atoms with Crippen LogP contribution in [0.25, 0.3) is 0 Å². The Morgan fingerprint density at radius 2 is 1.46 bits per heavy atom. The third-order valence-electron chi connectivity index (χ3n) is 3.78. The lowest BCUT2D eigenvalue weighted by Gasteiger charge is -2.34. The van der Waals surface area contributed by atoms with Crippen molar-refractivity contribution in [3.8, 4) is 0 Å². The van der Waals surface area contributed by atoms with Crippen LogP contribution in [0.4, 0.5) is 0 Å². The Morgan fingerprint density at radius 3 is 1.96 bits per heavy atom. The van der Waals surface area contributed by atoms with E-state index in [0.717, 1.165) is 37.8 Å². The molecule has 0 bridgehead atoms. The first kappa shape index (κ1) is 22.6. The van der Waals surface area contributed by atoms with Crippen LogP contribution in [0.1, 0.15) is 45.4 Å². The van der Waals surface area contributed by atoms with Gasteiger partial charge in [0.1, 0.15) is 0 Å². The van der Waals surface area contributed by atoms with Crippen LogP contribution in [0, 0.1) is 0 Å². The minimum absolute atomic E-state index is 0.955. The van der Waals surface area contributed by atoms with Crippen LogP contribution in [0.2, 0.25) is 0 Å². The molecule has 0 amide bonds. The van der Waals surface area contributed by atoms with E-state index in [2.05, 4.69) is 29.1 Å². The van der Waals surface area contributed by atoms with Crippen LogP contribution in [-0.4, -0.2) is 76.8 Å². The van der Waals surface area contributed by atoms with E-state index in [-0.39, 0.29) is 0 Å². The second-order valence-corrected chi connectivity index (χ2v) is 6.29. The smallest absolute Gasteiger partial charge is 0.414 e. The molecule has 3 N–H and O–H groups in total. The lowest BCUT2D eigenvalue weighted by Crippen LogP contribution is -2.50. The predicted molar refractivity (Wildman–Crippen MR) is 98.3 cm³/mol. The topological polar surface area (TPSA) is 93.1 Å². The van der Waals surface area contributed by atoms with E-state index in [9.17, 15) is 0 Å². The molecule has 1 saturated heterocycles. The molecule has 7 nitrogen and oxygen atoms in total. The highest BCUT2D eigenvalue weighted by atomic mass is 32.1. The number of thiocarbonyl (C=S) groups is 1. The van der Waals surface area contributed by atoms with E-state index in [4.69, 9.17) is 32.0 Å². The predicted octanol–water partition coefficient (Wildman–Crippen LogP) is 1.62. The second-order valence-electron chi connectivity index (χ2n) is 5.90. The standard InChI is InChI=1S/C14H29N3S.C2H2O4/c1-3-4-5-6-7-8-9-15-14(18)17-12-10-16(2)11-13-17;3-1(4)2(5)6/h3-13H2,1-2H3,(H,15,18);(H,3,4)(H,5,6). The van der Waals surface area contributed by atoms with Crippen molar-refractivity contribution in [1.29, 1.82) is 0 Å². The first-order valence-electron chi connectivity index (χ1n) is 8.56. The summed E-state index contributed by atoms with van der Waals surface area (Å²) in [4.78, 5) is 22.9. The van der Waals surface area contributed by atoms with Crippen molar-refractivity contribution in [1.82, 2.24) is 15.1 Å². The Hall–Kier alpha value is -1.41. The Morgan fingerprint density at radius 1 is 0.958 bits per heavy atom. The summed E-state index contributed by atoms with van der Waals surface area (Å²) in [7, 11) is 2.17. The molecule has 1 heterocycles. The van der Waals surface area contributed by atoms with E-state index < -0.39 is 11.9 Å². The third kappa shape index (κ3) is 12.1. The van der Waals surface area contributed by atoms with Gasteiger partial charge in [0.25, 0.3) is 0 Å². The monoisotopic (exact) mass is 361 g/mol. The number of carbonyl (C=O) groups is 2. The summed E-state index contributed by atoms with van der Waals surface area (Å²) in [5.41, 5.74) is 0. The Bertz CT molecular complexity index is 374. The Labute approximate surface area is 150 Å². The molecule has 0 aromatic carbocycles. The van der Waals surface area contributed by atoms with E-state index in [1.54, 1.807) is 0 Å². The highest BCUT2D eigenvalue weighted by molar-refractivity contribution is 7.80. The van der Waals surface area contributed by atoms with E-state index in [0.29, 0.717) is 0 Å². The van der Waals surface area contributed by atoms with Crippen molar-refractivity contribution in [3.05, 3.63) is 0 Å². The van der Waals surface area contributed by atoms with Crippen molar-refractivity contribution in [2.24, 2.45) is 0 Å². The summed E-state index contributed by atoms with van der Waals surface area (Å²) >= 11 is 5.43. The SMILES string of the molecule is CCCCCCCCNC(=S)N1CCN(C)CC1.O=C(O)C(=O)O. The zero-order chi connectivity index (χ0) is 18.4. The maximum Gasteiger partial charge on any atom is 0.414 e. The fraction of sp³-hybridized carbons (Fsp3) is 0.812. The minimum atomic E-state index is -1.82. The fourth-order valence-corrected chi connectivity index (χ4v) is 2.51. The number of aliphatic carboxylic acids is 2. The molecule has 1 fully saturated rings. The molecule has 0 unspecified atom stereocenters. The van der Waals surface area contributed by atoms with Crippen molar-refractivity contribution in [3.63, 3.8) is 0 Å². The van der Waals surface area contributed by atoms with Gasteiger partial charge in [-0.1, -0.05) is 39.0 Å². The summed E-state index contributed by atoms with van der Waals surface area (Å²) in [6, 6.07) is 0. The highest BCUT2D eigenvalue weighted by Gasteiger charge is 2.15. The number of unbranched alkanes of at least 4 members (excludes halogenated alkanes) is 5. The molecular formula is C16H31N3O4S. The quantitative estimate of drug-likeness (QED) is 0.358. The molecule has 1 aliphatic rings. The van der Waals surface area contributed by atoms with Gasteiger partial charge in [-0.15, -0.1) is 0 Å². The Kier molecular flexibility index (Phi) is 13.2. The maximum absolute atomic E-state index is 9.10. The fourth-order valence-electron chi connectivity index (χ4n) is 2.22. The van der Waals surface area contributed by atoms with Gasteiger partial charge in [-0.25, -0.2) is 9.59 Å². The molecule has 0 radical (unpaired) electrons. The van der Waals surface area contributed by atoms with Gasteiger partial charge < -0.3 is 25.3 Å². The number of likely N-dealkylation sites (N-methyl/N-ethyl adjacent to an activating group) is 1. The normalized spacial score (nSPS) is 14.5. The first-order valence-corrected chi connectivity index (χ1v) is 8.96. The first-order chi connectivity index (χ1) is 11.4. The number of hydrogen-bond acceptors (Lipinski definition) is 4. The summed E-state index contributed by atoms with van der Waals surface area (Å²) in [6.07, 6.45) is 8.05. The lowest BCUT2D eigenvalue weighted by atomic mass is 10.1. The summed E-state index contributed by atoms with van der Waals surface area (Å²) < 4.78 is 0. The van der Waals surface area contributed by atoms with Crippen molar-refractivity contribution < 1.29 is 19.8 Å². The summed E-state index contributed by atoms with van der Waals surface area (Å²) in [5, 5.41) is 19.1. The van der Waals surface area contributed by atoms with E-state index in [1.165, 1.54) is 38.5 Å². The molecule has 1 aliphatic heterocycles. The molecule has 0 aliphatic carbocycles. The van der Waals surface area contributed by atoms with Crippen LogP contribution >= 0.6 is 12.2 Å². The van der Waals surface area contributed by atoms with E-state index >= 15 is 0 Å². The van der Waals surface area contributed by atoms with Crippen molar-refractivity contribution in [2.45, 2.75) is 45.4 Å². The highest BCUT2D eigenvalue weighted by Crippen LogP contribution is 2.04. The van der Waals surface area contributed by atoms with Gasteiger partial charge in [0.15, 0.2) is 5.11 Å². The van der Waals surface area contributed by atoms with Crippen molar-refractivity contribution >= 4 is 29.3 Å². The number of piperazine rings is 1. The second kappa shape index (κ2) is 14.0. The summed E-state index contributed by atoms with van der Waals surface area (Å²) in [5.74, 6) is -3.65. The van der Waals surface area contributed by atoms with Crippen molar-refractivity contribution in [2.75, 3.05) is 39.8 Å². The van der Waals surface area contributed by atoms with Gasteiger partial charge >= 0.3 is 11.9 Å². The Balaban J connectivity index is 0.000000754. The molecule has 24 heavy (non-hydrogen) atoms. The minimum Gasteiger partial charge on any atom is -0.473 e. The van der Waals surface area contributed by atoms with Crippen LogP contribution in [-0.2, 0) is 9.59 Å². The molecule has 140 valence electrons. The maximum atomic E-state index is 9.10. The average Bonchev–Trinajstić information content (AvgIpc) is 2.55. The number of nitrogens with one attached hydrogen (secondary N) is 1. The lowest BCUT2D eigenvalue weighted by molar-refractivity contribution is -0.159. The molecule has 0 aromatic heterocycles.